The third kappa shape index (κ3) is 3.45. The van der Waals surface area contributed by atoms with Gasteiger partial charge in [-0.25, -0.2) is 0 Å². The van der Waals surface area contributed by atoms with Gasteiger partial charge in [-0.1, -0.05) is 11.2 Å². The minimum atomic E-state index is 0.131. The summed E-state index contributed by atoms with van der Waals surface area (Å²) in [5.41, 5.74) is 6.37. The summed E-state index contributed by atoms with van der Waals surface area (Å²) in [6.45, 7) is 11.2. The second-order valence-electron chi connectivity index (χ2n) is 6.15. The van der Waals surface area contributed by atoms with Crippen molar-refractivity contribution in [1.82, 2.24) is 10.1 Å². The number of rotatable bonds is 5. The van der Waals surface area contributed by atoms with Crippen LogP contribution in [-0.2, 0) is 13.1 Å². The van der Waals surface area contributed by atoms with Crippen LogP contribution in [0.3, 0.4) is 0 Å². The monoisotopic (exact) mass is 300 g/mol. The summed E-state index contributed by atoms with van der Waals surface area (Å²) in [5, 5.41) is 4.03. The van der Waals surface area contributed by atoms with Crippen LogP contribution >= 0.6 is 0 Å². The first-order chi connectivity index (χ1) is 10.3. The molecule has 0 bridgehead atoms. The highest BCUT2D eigenvalue weighted by Gasteiger charge is 2.16. The SMILES string of the molecule is CC(=O)c1c(C)cc(C)c(CN(C)Cc2cc(C)on2)c1C. The molecule has 0 atom stereocenters. The molecule has 118 valence electrons. The molecule has 0 saturated heterocycles. The Kier molecular flexibility index (Phi) is 4.81. The summed E-state index contributed by atoms with van der Waals surface area (Å²) in [5.74, 6) is 0.955. The van der Waals surface area contributed by atoms with Gasteiger partial charge in [0, 0.05) is 24.7 Å². The Bertz CT molecular complexity index is 701. The molecule has 2 aromatic rings. The van der Waals surface area contributed by atoms with Crippen LogP contribution < -0.4 is 0 Å². The van der Waals surface area contributed by atoms with E-state index in [4.69, 9.17) is 4.52 Å². The third-order valence-electron chi connectivity index (χ3n) is 4.02. The molecule has 4 heteroatoms. The van der Waals surface area contributed by atoms with Crippen molar-refractivity contribution in [2.24, 2.45) is 0 Å². The van der Waals surface area contributed by atoms with Crippen LogP contribution in [0.25, 0.3) is 0 Å². The largest absolute Gasteiger partial charge is 0.361 e. The van der Waals surface area contributed by atoms with Gasteiger partial charge in [0.05, 0.1) is 5.69 Å². The van der Waals surface area contributed by atoms with Gasteiger partial charge in [0.2, 0.25) is 0 Å². The number of hydrogen-bond donors (Lipinski definition) is 0. The number of aryl methyl sites for hydroxylation is 3. The van der Waals surface area contributed by atoms with E-state index in [2.05, 4.69) is 30.1 Å². The molecular formula is C18H24N2O2. The number of nitrogens with zero attached hydrogens (tertiary/aromatic N) is 2. The van der Waals surface area contributed by atoms with Crippen molar-refractivity contribution < 1.29 is 9.32 Å². The number of carbonyl (C=O) groups excluding carboxylic acids is 1. The van der Waals surface area contributed by atoms with E-state index in [0.717, 1.165) is 41.2 Å². The molecule has 0 amide bonds. The number of hydrogen-bond acceptors (Lipinski definition) is 4. The molecule has 0 spiro atoms. The first-order valence-electron chi connectivity index (χ1n) is 7.51. The van der Waals surface area contributed by atoms with Crippen molar-refractivity contribution in [3.63, 3.8) is 0 Å². The summed E-state index contributed by atoms with van der Waals surface area (Å²) in [4.78, 5) is 14.1. The third-order valence-corrected chi connectivity index (χ3v) is 4.02. The van der Waals surface area contributed by atoms with Crippen LogP contribution in [0.5, 0.6) is 0 Å². The molecule has 2 rings (SSSR count). The van der Waals surface area contributed by atoms with Gasteiger partial charge in [-0.3, -0.25) is 9.69 Å². The highest BCUT2D eigenvalue weighted by atomic mass is 16.5. The number of ketones is 1. The fourth-order valence-electron chi connectivity index (χ4n) is 3.11. The van der Waals surface area contributed by atoms with Gasteiger partial charge in [0.15, 0.2) is 5.78 Å². The fraction of sp³-hybridized carbons (Fsp3) is 0.444. The number of carbonyl (C=O) groups is 1. The molecule has 0 aliphatic heterocycles. The number of Topliss-reactive ketones (excluding diaryl/α,β-unsaturated/α-hetero) is 1. The Balaban J connectivity index is 2.25. The summed E-state index contributed by atoms with van der Waals surface area (Å²) in [7, 11) is 2.05. The zero-order valence-corrected chi connectivity index (χ0v) is 14.3. The lowest BCUT2D eigenvalue weighted by Gasteiger charge is -2.21. The molecule has 1 aromatic carbocycles. The molecule has 1 heterocycles. The second-order valence-corrected chi connectivity index (χ2v) is 6.15. The fourth-order valence-corrected chi connectivity index (χ4v) is 3.11. The predicted octanol–water partition coefficient (Wildman–Crippen LogP) is 3.74. The second kappa shape index (κ2) is 6.44. The lowest BCUT2D eigenvalue weighted by Crippen LogP contribution is -2.20. The molecule has 22 heavy (non-hydrogen) atoms. The van der Waals surface area contributed by atoms with Gasteiger partial charge in [0.25, 0.3) is 0 Å². The van der Waals surface area contributed by atoms with Crippen LogP contribution in [0.15, 0.2) is 16.7 Å². The molecule has 0 aliphatic rings. The Morgan fingerprint density at radius 3 is 2.36 bits per heavy atom. The maximum atomic E-state index is 11.9. The van der Waals surface area contributed by atoms with Crippen molar-refractivity contribution in [3.05, 3.63) is 51.4 Å². The molecule has 0 saturated carbocycles. The van der Waals surface area contributed by atoms with Crippen LogP contribution in [0, 0.1) is 27.7 Å². The van der Waals surface area contributed by atoms with Crippen LogP contribution in [0.1, 0.15) is 51.0 Å². The molecular weight excluding hydrogens is 276 g/mol. The van der Waals surface area contributed by atoms with Gasteiger partial charge in [-0.2, -0.15) is 0 Å². The van der Waals surface area contributed by atoms with Gasteiger partial charge < -0.3 is 4.52 Å². The van der Waals surface area contributed by atoms with Gasteiger partial charge in [-0.05, 0) is 63.9 Å². The highest BCUT2D eigenvalue weighted by molar-refractivity contribution is 5.97. The Morgan fingerprint density at radius 2 is 1.82 bits per heavy atom. The number of benzene rings is 1. The lowest BCUT2D eigenvalue weighted by molar-refractivity contribution is 0.101. The van der Waals surface area contributed by atoms with E-state index in [9.17, 15) is 4.79 Å². The van der Waals surface area contributed by atoms with Crippen molar-refractivity contribution in [3.8, 4) is 0 Å². The van der Waals surface area contributed by atoms with Crippen molar-refractivity contribution in [2.45, 2.75) is 47.7 Å². The Labute approximate surface area is 132 Å². The minimum absolute atomic E-state index is 0.131. The molecule has 1 aromatic heterocycles. The van der Waals surface area contributed by atoms with Gasteiger partial charge in [-0.15, -0.1) is 0 Å². The van der Waals surface area contributed by atoms with Crippen molar-refractivity contribution >= 4 is 5.78 Å². The molecule has 0 fully saturated rings. The Morgan fingerprint density at radius 1 is 1.14 bits per heavy atom. The van der Waals surface area contributed by atoms with E-state index in [1.165, 1.54) is 11.1 Å². The van der Waals surface area contributed by atoms with Gasteiger partial charge >= 0.3 is 0 Å². The zero-order valence-electron chi connectivity index (χ0n) is 14.3. The topological polar surface area (TPSA) is 46.3 Å². The van der Waals surface area contributed by atoms with Crippen LogP contribution in [0.2, 0.25) is 0 Å². The van der Waals surface area contributed by atoms with E-state index >= 15 is 0 Å². The van der Waals surface area contributed by atoms with E-state index in [-0.39, 0.29) is 5.78 Å². The lowest BCUT2D eigenvalue weighted by atomic mass is 9.91. The predicted molar refractivity (Wildman–Crippen MR) is 87.1 cm³/mol. The quantitative estimate of drug-likeness (QED) is 0.789. The molecule has 0 N–H and O–H groups in total. The first-order valence-corrected chi connectivity index (χ1v) is 7.51. The summed E-state index contributed by atoms with van der Waals surface area (Å²) in [6, 6.07) is 4.06. The van der Waals surface area contributed by atoms with Crippen molar-refractivity contribution in [2.75, 3.05) is 7.05 Å². The highest BCUT2D eigenvalue weighted by Crippen LogP contribution is 2.24. The molecule has 0 aliphatic carbocycles. The van der Waals surface area contributed by atoms with E-state index in [1.54, 1.807) is 6.92 Å². The first kappa shape index (κ1) is 16.4. The van der Waals surface area contributed by atoms with Gasteiger partial charge in [0.1, 0.15) is 5.76 Å². The van der Waals surface area contributed by atoms with E-state index in [0.29, 0.717) is 0 Å². The Hall–Kier alpha value is -1.94. The smallest absolute Gasteiger partial charge is 0.160 e. The summed E-state index contributed by atoms with van der Waals surface area (Å²) in [6.07, 6.45) is 0. The molecule has 0 radical (unpaired) electrons. The molecule has 4 nitrogen and oxygen atoms in total. The average Bonchev–Trinajstić information content (AvgIpc) is 2.79. The maximum Gasteiger partial charge on any atom is 0.160 e. The summed E-state index contributed by atoms with van der Waals surface area (Å²) >= 11 is 0. The summed E-state index contributed by atoms with van der Waals surface area (Å²) < 4.78 is 5.11. The standard InChI is InChI=1S/C18H24N2O2/c1-11-7-12(2)18(15(5)21)14(4)17(11)10-20(6)9-16-8-13(3)22-19-16/h7-8H,9-10H2,1-6H3. The minimum Gasteiger partial charge on any atom is -0.361 e. The maximum absolute atomic E-state index is 11.9. The normalized spacial score (nSPS) is 11.2. The van der Waals surface area contributed by atoms with E-state index in [1.807, 2.05) is 26.8 Å². The van der Waals surface area contributed by atoms with Crippen molar-refractivity contribution in [1.29, 1.82) is 0 Å². The molecule has 0 unspecified atom stereocenters. The average molecular weight is 300 g/mol. The zero-order chi connectivity index (χ0) is 16.4. The van der Waals surface area contributed by atoms with Crippen LogP contribution in [-0.4, -0.2) is 22.9 Å². The van der Waals surface area contributed by atoms with Crippen LogP contribution in [0.4, 0.5) is 0 Å². The number of aromatic nitrogens is 1. The van der Waals surface area contributed by atoms with E-state index < -0.39 is 0 Å².